The van der Waals surface area contributed by atoms with Crippen molar-refractivity contribution in [3.05, 3.63) is 33.3 Å². The molecule has 0 spiro atoms. The van der Waals surface area contributed by atoms with Gasteiger partial charge in [-0.05, 0) is 50.0 Å². The maximum Gasteiger partial charge on any atom is 0.251 e. The van der Waals surface area contributed by atoms with Gasteiger partial charge in [0.25, 0.3) is 5.91 Å². The Labute approximate surface area is 120 Å². The molecule has 0 radical (unpaired) electrons. The molecule has 18 heavy (non-hydrogen) atoms. The summed E-state index contributed by atoms with van der Waals surface area (Å²) in [5, 5.41) is 6.87. The van der Waals surface area contributed by atoms with E-state index in [1.54, 1.807) is 18.2 Å². The smallest absolute Gasteiger partial charge is 0.251 e. The van der Waals surface area contributed by atoms with Crippen molar-refractivity contribution in [2.24, 2.45) is 5.92 Å². The lowest BCUT2D eigenvalue weighted by Gasteiger charge is -2.22. The highest BCUT2D eigenvalue weighted by atomic mass is 79.9. The molecule has 1 aliphatic heterocycles. The van der Waals surface area contributed by atoms with Gasteiger partial charge in [-0.2, -0.15) is 0 Å². The fourth-order valence-corrected chi connectivity index (χ4v) is 2.98. The molecule has 98 valence electrons. The van der Waals surface area contributed by atoms with E-state index in [-0.39, 0.29) is 5.91 Å². The van der Waals surface area contributed by atoms with Crippen molar-refractivity contribution < 1.29 is 4.79 Å². The summed E-state index contributed by atoms with van der Waals surface area (Å²) < 4.78 is 0.819. The molecule has 0 aliphatic carbocycles. The molecule has 5 heteroatoms. The molecular formula is C13H16BrClN2O. The minimum atomic E-state index is -0.0660. The topological polar surface area (TPSA) is 41.1 Å². The predicted octanol–water partition coefficient (Wildman–Crippen LogP) is 2.83. The number of benzene rings is 1. The highest BCUT2D eigenvalue weighted by Crippen LogP contribution is 2.19. The van der Waals surface area contributed by atoms with Crippen molar-refractivity contribution in [2.45, 2.75) is 12.8 Å². The van der Waals surface area contributed by atoms with Crippen LogP contribution in [0.5, 0.6) is 0 Å². The molecule has 1 amide bonds. The lowest BCUT2D eigenvalue weighted by atomic mass is 10.00. The number of hydrogen-bond donors (Lipinski definition) is 2. The van der Waals surface area contributed by atoms with Crippen molar-refractivity contribution in [3.63, 3.8) is 0 Å². The fraction of sp³-hybridized carbons (Fsp3) is 0.462. The average molecular weight is 332 g/mol. The van der Waals surface area contributed by atoms with Crippen LogP contribution >= 0.6 is 27.5 Å². The summed E-state index contributed by atoms with van der Waals surface area (Å²) in [5.41, 5.74) is 0.596. The second kappa shape index (κ2) is 6.55. The first-order chi connectivity index (χ1) is 8.65. The standard InChI is InChI=1S/C13H16BrClN2O/c14-11-4-10(5-12(15)6-11)13(18)17-8-9-2-1-3-16-7-9/h4-6,9,16H,1-3,7-8H2,(H,17,18). The van der Waals surface area contributed by atoms with Gasteiger partial charge in [-0.25, -0.2) is 0 Å². The molecule has 1 unspecified atom stereocenters. The summed E-state index contributed by atoms with van der Waals surface area (Å²) in [6.45, 7) is 2.79. The molecule has 1 fully saturated rings. The molecular weight excluding hydrogens is 316 g/mol. The number of piperidine rings is 1. The van der Waals surface area contributed by atoms with Crippen LogP contribution < -0.4 is 10.6 Å². The van der Waals surface area contributed by atoms with E-state index in [0.717, 1.165) is 24.1 Å². The van der Waals surface area contributed by atoms with Crippen LogP contribution in [0.15, 0.2) is 22.7 Å². The summed E-state index contributed by atoms with van der Waals surface area (Å²) >= 11 is 9.26. The first-order valence-corrected chi connectivity index (χ1v) is 7.27. The van der Waals surface area contributed by atoms with Crippen LogP contribution in [0.4, 0.5) is 0 Å². The largest absolute Gasteiger partial charge is 0.352 e. The summed E-state index contributed by atoms with van der Waals surface area (Å²) in [6.07, 6.45) is 2.36. The SMILES string of the molecule is O=C(NCC1CCCNC1)c1cc(Cl)cc(Br)c1. The molecule has 1 aliphatic rings. The van der Waals surface area contributed by atoms with E-state index < -0.39 is 0 Å². The zero-order valence-electron chi connectivity index (χ0n) is 10.0. The number of carbonyl (C=O) groups is 1. The van der Waals surface area contributed by atoms with Gasteiger partial charge in [0, 0.05) is 21.6 Å². The van der Waals surface area contributed by atoms with Gasteiger partial charge in [-0.15, -0.1) is 0 Å². The Bertz CT molecular complexity index is 413. The number of amides is 1. The number of halogens is 2. The van der Waals surface area contributed by atoms with Gasteiger partial charge < -0.3 is 10.6 Å². The van der Waals surface area contributed by atoms with Crippen molar-refractivity contribution in [2.75, 3.05) is 19.6 Å². The monoisotopic (exact) mass is 330 g/mol. The van der Waals surface area contributed by atoms with Gasteiger partial charge in [0.1, 0.15) is 0 Å². The second-order valence-corrected chi connectivity index (χ2v) is 5.93. The molecule has 1 aromatic rings. The van der Waals surface area contributed by atoms with Crippen LogP contribution in [0.1, 0.15) is 23.2 Å². The van der Waals surface area contributed by atoms with Crippen LogP contribution in [0, 0.1) is 5.92 Å². The third kappa shape index (κ3) is 3.97. The van der Waals surface area contributed by atoms with Crippen molar-refractivity contribution in [1.29, 1.82) is 0 Å². The summed E-state index contributed by atoms with van der Waals surface area (Å²) in [6, 6.07) is 5.23. The normalized spacial score (nSPS) is 19.6. The van der Waals surface area contributed by atoms with E-state index in [4.69, 9.17) is 11.6 Å². The molecule has 1 heterocycles. The van der Waals surface area contributed by atoms with E-state index in [0.29, 0.717) is 16.5 Å². The Morgan fingerprint density at radius 1 is 1.50 bits per heavy atom. The van der Waals surface area contributed by atoms with E-state index >= 15 is 0 Å². The van der Waals surface area contributed by atoms with Crippen molar-refractivity contribution in [3.8, 4) is 0 Å². The lowest BCUT2D eigenvalue weighted by molar-refractivity contribution is 0.0945. The predicted molar refractivity (Wildman–Crippen MR) is 77.1 cm³/mol. The van der Waals surface area contributed by atoms with Gasteiger partial charge in [0.2, 0.25) is 0 Å². The molecule has 1 atom stereocenters. The third-order valence-corrected chi connectivity index (χ3v) is 3.75. The Morgan fingerprint density at radius 2 is 2.33 bits per heavy atom. The highest BCUT2D eigenvalue weighted by Gasteiger charge is 2.14. The molecule has 2 rings (SSSR count). The first-order valence-electron chi connectivity index (χ1n) is 6.10. The molecule has 2 N–H and O–H groups in total. The lowest BCUT2D eigenvalue weighted by Crippen LogP contribution is -2.38. The average Bonchev–Trinajstić information content (AvgIpc) is 2.36. The number of carbonyl (C=O) groups excluding carboxylic acids is 1. The number of rotatable bonds is 3. The van der Waals surface area contributed by atoms with E-state index in [2.05, 4.69) is 26.6 Å². The van der Waals surface area contributed by atoms with Gasteiger partial charge in [-0.1, -0.05) is 27.5 Å². The fourth-order valence-electron chi connectivity index (χ4n) is 2.12. The molecule has 1 saturated heterocycles. The maximum absolute atomic E-state index is 12.0. The van der Waals surface area contributed by atoms with Crippen LogP contribution in [0.3, 0.4) is 0 Å². The molecule has 0 bridgehead atoms. The zero-order valence-corrected chi connectivity index (χ0v) is 12.4. The van der Waals surface area contributed by atoms with Gasteiger partial charge in [0.15, 0.2) is 0 Å². The zero-order chi connectivity index (χ0) is 13.0. The van der Waals surface area contributed by atoms with Gasteiger partial charge in [-0.3, -0.25) is 4.79 Å². The molecule has 0 saturated carbocycles. The Morgan fingerprint density at radius 3 is 3.00 bits per heavy atom. The Hall–Kier alpha value is -0.580. The molecule has 0 aromatic heterocycles. The minimum absolute atomic E-state index is 0.0660. The summed E-state index contributed by atoms with van der Waals surface area (Å²) in [5.74, 6) is 0.467. The van der Waals surface area contributed by atoms with Crippen molar-refractivity contribution >= 4 is 33.4 Å². The van der Waals surface area contributed by atoms with Crippen LogP contribution in [0.25, 0.3) is 0 Å². The van der Waals surface area contributed by atoms with Gasteiger partial charge >= 0.3 is 0 Å². The van der Waals surface area contributed by atoms with Crippen molar-refractivity contribution in [1.82, 2.24) is 10.6 Å². The summed E-state index contributed by atoms with van der Waals surface area (Å²) in [7, 11) is 0. The third-order valence-electron chi connectivity index (χ3n) is 3.07. The van der Waals surface area contributed by atoms with Crippen LogP contribution in [-0.2, 0) is 0 Å². The molecule has 3 nitrogen and oxygen atoms in total. The van der Waals surface area contributed by atoms with Crippen LogP contribution in [-0.4, -0.2) is 25.5 Å². The Kier molecular flexibility index (Phi) is 5.03. The van der Waals surface area contributed by atoms with E-state index in [1.807, 2.05) is 0 Å². The van der Waals surface area contributed by atoms with E-state index in [9.17, 15) is 4.79 Å². The number of hydrogen-bond acceptors (Lipinski definition) is 2. The quantitative estimate of drug-likeness (QED) is 0.894. The van der Waals surface area contributed by atoms with Crippen LogP contribution in [0.2, 0.25) is 5.02 Å². The summed E-state index contributed by atoms with van der Waals surface area (Å²) in [4.78, 5) is 12.0. The van der Waals surface area contributed by atoms with Gasteiger partial charge in [0.05, 0.1) is 0 Å². The van der Waals surface area contributed by atoms with E-state index in [1.165, 1.54) is 12.8 Å². The Balaban J connectivity index is 1.90. The molecule has 1 aromatic carbocycles. The maximum atomic E-state index is 12.0. The number of nitrogens with one attached hydrogen (secondary N) is 2. The second-order valence-electron chi connectivity index (χ2n) is 4.58. The minimum Gasteiger partial charge on any atom is -0.352 e. The highest BCUT2D eigenvalue weighted by molar-refractivity contribution is 9.10. The first kappa shape index (κ1) is 13.8.